The molecule has 0 bridgehead atoms. The lowest BCUT2D eigenvalue weighted by atomic mass is 10.1. The van der Waals surface area contributed by atoms with Crippen LogP contribution in [0.2, 0.25) is 0 Å². The highest BCUT2D eigenvalue weighted by Crippen LogP contribution is 2.24. The van der Waals surface area contributed by atoms with Crippen molar-refractivity contribution < 1.29 is 14.4 Å². The van der Waals surface area contributed by atoms with Crippen LogP contribution in [-0.4, -0.2) is 45.2 Å². The molecule has 0 saturated heterocycles. The maximum atomic E-state index is 12.6. The highest BCUT2D eigenvalue weighted by Gasteiger charge is 2.32. The molecule has 0 radical (unpaired) electrons. The predicted molar refractivity (Wildman–Crippen MR) is 103 cm³/mol. The van der Waals surface area contributed by atoms with Crippen LogP contribution in [0.3, 0.4) is 0 Å². The maximum absolute atomic E-state index is 12.6. The molecule has 7 nitrogen and oxygen atoms in total. The summed E-state index contributed by atoms with van der Waals surface area (Å²) >= 11 is 0. The van der Waals surface area contributed by atoms with Crippen molar-refractivity contribution in [3.8, 4) is 5.69 Å². The molecule has 3 rings (SSSR count). The Bertz CT molecular complexity index is 850. The van der Waals surface area contributed by atoms with Crippen LogP contribution in [-0.2, 0) is 16.1 Å². The monoisotopic (exact) mass is 368 g/mol. The van der Waals surface area contributed by atoms with Gasteiger partial charge in [0, 0.05) is 5.56 Å². The molecule has 1 aromatic carbocycles. The molecule has 27 heavy (non-hydrogen) atoms. The van der Waals surface area contributed by atoms with Crippen LogP contribution in [0.5, 0.6) is 0 Å². The van der Waals surface area contributed by atoms with Crippen molar-refractivity contribution in [2.75, 3.05) is 13.2 Å². The number of para-hydroxylation sites is 1. The number of hydrogen-bond acceptors (Lipinski definition) is 5. The Hall–Kier alpha value is -3.09. The highest BCUT2D eigenvalue weighted by atomic mass is 16.6. The van der Waals surface area contributed by atoms with Crippen LogP contribution in [0, 0.1) is 0 Å². The molecule has 2 heterocycles. The van der Waals surface area contributed by atoms with Crippen molar-refractivity contribution in [3.63, 3.8) is 0 Å². The molecule has 0 saturated carbocycles. The summed E-state index contributed by atoms with van der Waals surface area (Å²) in [6.07, 6.45) is 2.97. The number of carbonyl (C=O) groups excluding carboxylic acids is 1. The third-order valence-corrected chi connectivity index (χ3v) is 3.88. The van der Waals surface area contributed by atoms with E-state index >= 15 is 0 Å². The van der Waals surface area contributed by atoms with Crippen molar-refractivity contribution in [2.45, 2.75) is 32.9 Å². The van der Waals surface area contributed by atoms with Crippen molar-refractivity contribution in [1.82, 2.24) is 14.7 Å². The minimum atomic E-state index is -0.576. The van der Waals surface area contributed by atoms with E-state index in [1.165, 1.54) is 0 Å². The maximum Gasteiger partial charge on any atom is 0.411 e. The van der Waals surface area contributed by atoms with E-state index in [0.29, 0.717) is 18.8 Å². The number of carbonyl (C=O) groups is 1. The number of hydrogen-bond donors (Lipinski definition) is 0. The Kier molecular flexibility index (Phi) is 5.30. The Labute approximate surface area is 158 Å². The van der Waals surface area contributed by atoms with Gasteiger partial charge in [-0.3, -0.25) is 4.90 Å². The zero-order chi connectivity index (χ0) is 19.4. The SMILES string of the molecule is C=CCO/N=C1\CN(C(=O)OC(C)(C)C)Cc2c1cnn2-c1ccccc1. The number of ether oxygens (including phenoxy) is 1. The molecule has 0 unspecified atom stereocenters. The average molecular weight is 368 g/mol. The molecule has 142 valence electrons. The summed E-state index contributed by atoms with van der Waals surface area (Å²) < 4.78 is 7.35. The van der Waals surface area contributed by atoms with Gasteiger partial charge in [0.2, 0.25) is 0 Å². The molecular formula is C20H24N4O3. The highest BCUT2D eigenvalue weighted by molar-refractivity contribution is 6.04. The van der Waals surface area contributed by atoms with E-state index in [1.807, 2.05) is 55.8 Å². The fraction of sp³-hybridized carbons (Fsp3) is 0.350. The van der Waals surface area contributed by atoms with Crippen LogP contribution in [0.4, 0.5) is 4.79 Å². The molecule has 0 N–H and O–H groups in total. The Morgan fingerprint density at radius 2 is 2.04 bits per heavy atom. The van der Waals surface area contributed by atoms with Gasteiger partial charge in [0.05, 0.1) is 30.7 Å². The minimum absolute atomic E-state index is 0.290. The molecular weight excluding hydrogens is 344 g/mol. The summed E-state index contributed by atoms with van der Waals surface area (Å²) in [6.45, 7) is 10.1. The van der Waals surface area contributed by atoms with E-state index in [9.17, 15) is 4.79 Å². The lowest BCUT2D eigenvalue weighted by molar-refractivity contribution is 0.0254. The van der Waals surface area contributed by atoms with Crippen molar-refractivity contribution >= 4 is 11.8 Å². The number of amides is 1. The second-order valence-electron chi connectivity index (χ2n) is 7.21. The van der Waals surface area contributed by atoms with Gasteiger partial charge >= 0.3 is 6.09 Å². The van der Waals surface area contributed by atoms with Gasteiger partial charge in [-0.15, -0.1) is 0 Å². The quantitative estimate of drug-likeness (QED) is 0.470. The Balaban J connectivity index is 1.97. The molecule has 0 fully saturated rings. The van der Waals surface area contributed by atoms with Gasteiger partial charge in [0.25, 0.3) is 0 Å². The molecule has 1 aliphatic rings. The molecule has 1 aliphatic heterocycles. The first-order valence-corrected chi connectivity index (χ1v) is 8.79. The van der Waals surface area contributed by atoms with E-state index in [2.05, 4.69) is 16.8 Å². The lowest BCUT2D eigenvalue weighted by Crippen LogP contribution is -2.43. The first-order chi connectivity index (χ1) is 12.9. The first kappa shape index (κ1) is 18.7. The zero-order valence-electron chi connectivity index (χ0n) is 15.9. The average Bonchev–Trinajstić information content (AvgIpc) is 3.05. The van der Waals surface area contributed by atoms with Crippen LogP contribution in [0.25, 0.3) is 5.69 Å². The summed E-state index contributed by atoms with van der Waals surface area (Å²) in [6, 6.07) is 9.76. The number of fused-ring (bicyclic) bond motifs is 1. The summed E-state index contributed by atoms with van der Waals surface area (Å²) in [5.41, 5.74) is 2.69. The lowest BCUT2D eigenvalue weighted by Gasteiger charge is -2.30. The summed E-state index contributed by atoms with van der Waals surface area (Å²) in [5.74, 6) is 0. The topological polar surface area (TPSA) is 68.9 Å². The second kappa shape index (κ2) is 7.65. The van der Waals surface area contributed by atoms with Gasteiger partial charge < -0.3 is 9.57 Å². The number of rotatable bonds is 4. The second-order valence-corrected chi connectivity index (χ2v) is 7.21. The van der Waals surface area contributed by atoms with E-state index in [1.54, 1.807) is 17.2 Å². The number of nitrogens with zero attached hydrogens (tertiary/aromatic N) is 4. The Morgan fingerprint density at radius 3 is 2.70 bits per heavy atom. The molecule has 0 atom stereocenters. The molecule has 1 amide bonds. The van der Waals surface area contributed by atoms with Gasteiger partial charge in [-0.05, 0) is 32.9 Å². The summed E-state index contributed by atoms with van der Waals surface area (Å²) in [7, 11) is 0. The van der Waals surface area contributed by atoms with Gasteiger partial charge in [0.1, 0.15) is 17.9 Å². The third kappa shape index (κ3) is 4.36. The predicted octanol–water partition coefficient (Wildman–Crippen LogP) is 3.53. The van der Waals surface area contributed by atoms with Gasteiger partial charge in [-0.25, -0.2) is 9.48 Å². The number of oxime groups is 1. The summed E-state index contributed by atoms with van der Waals surface area (Å²) in [5, 5.41) is 8.69. The largest absolute Gasteiger partial charge is 0.444 e. The Morgan fingerprint density at radius 1 is 1.30 bits per heavy atom. The smallest absolute Gasteiger partial charge is 0.411 e. The van der Waals surface area contributed by atoms with Gasteiger partial charge in [-0.2, -0.15) is 5.10 Å². The van der Waals surface area contributed by atoms with Crippen molar-refractivity contribution in [1.29, 1.82) is 0 Å². The summed E-state index contributed by atoms with van der Waals surface area (Å²) in [4.78, 5) is 19.5. The van der Waals surface area contributed by atoms with Crippen molar-refractivity contribution in [3.05, 3.63) is 60.4 Å². The number of benzene rings is 1. The fourth-order valence-electron chi connectivity index (χ4n) is 2.76. The first-order valence-electron chi connectivity index (χ1n) is 8.79. The van der Waals surface area contributed by atoms with E-state index in [-0.39, 0.29) is 6.61 Å². The number of aromatic nitrogens is 2. The normalized spacial score (nSPS) is 15.4. The fourth-order valence-corrected chi connectivity index (χ4v) is 2.76. The minimum Gasteiger partial charge on any atom is -0.444 e. The van der Waals surface area contributed by atoms with E-state index in [4.69, 9.17) is 9.57 Å². The molecule has 1 aromatic heterocycles. The van der Waals surface area contributed by atoms with Gasteiger partial charge in [0.15, 0.2) is 0 Å². The molecule has 0 aliphatic carbocycles. The molecule has 2 aromatic rings. The molecule has 0 spiro atoms. The van der Waals surface area contributed by atoms with E-state index < -0.39 is 11.7 Å². The molecule has 7 heteroatoms. The van der Waals surface area contributed by atoms with Gasteiger partial charge in [-0.1, -0.05) is 36.0 Å². The standard InChI is InChI=1S/C20H24N4O3/c1-5-11-26-22-17-13-23(19(25)27-20(2,3)4)14-18-16(17)12-21-24(18)15-9-7-6-8-10-15/h5-10,12H,1,11,13-14H2,2-4H3/b22-17+. The van der Waals surface area contributed by atoms with Crippen LogP contribution in [0.15, 0.2) is 54.3 Å². The third-order valence-electron chi connectivity index (χ3n) is 3.88. The van der Waals surface area contributed by atoms with Crippen LogP contribution >= 0.6 is 0 Å². The van der Waals surface area contributed by atoms with Crippen LogP contribution < -0.4 is 0 Å². The zero-order valence-corrected chi connectivity index (χ0v) is 15.9. The van der Waals surface area contributed by atoms with Crippen molar-refractivity contribution in [2.24, 2.45) is 5.16 Å². The van der Waals surface area contributed by atoms with Crippen LogP contribution in [0.1, 0.15) is 32.0 Å². The van der Waals surface area contributed by atoms with E-state index in [0.717, 1.165) is 16.9 Å².